The van der Waals surface area contributed by atoms with Crippen LogP contribution in [0.5, 0.6) is 0 Å². The molecule has 0 fully saturated rings. The number of fused-ring (bicyclic) bond motifs is 1. The number of benzene rings is 3. The van der Waals surface area contributed by atoms with E-state index in [9.17, 15) is 9.59 Å². The van der Waals surface area contributed by atoms with Gasteiger partial charge in [-0.1, -0.05) is 71.9 Å². The maximum absolute atomic E-state index is 13.4. The molecule has 4 aromatic rings. The number of nitrogens with zero attached hydrogens (tertiary/aromatic N) is 2. The van der Waals surface area contributed by atoms with Crippen LogP contribution in [-0.2, 0) is 4.79 Å². The SMILES string of the molecule is Cc1ccc(-n2c(SC(C)C(=O)NC(C)c3ccccc3)nc3ccccc3c2=O)cc1. The summed E-state index contributed by atoms with van der Waals surface area (Å²) >= 11 is 1.28. The summed E-state index contributed by atoms with van der Waals surface area (Å²) in [7, 11) is 0. The zero-order valence-corrected chi connectivity index (χ0v) is 19.1. The van der Waals surface area contributed by atoms with Crippen LogP contribution in [0.1, 0.15) is 31.0 Å². The summed E-state index contributed by atoms with van der Waals surface area (Å²) in [6, 6.07) is 24.7. The Morgan fingerprint density at radius 3 is 2.31 bits per heavy atom. The number of nitrogens with one attached hydrogen (secondary N) is 1. The van der Waals surface area contributed by atoms with Gasteiger partial charge >= 0.3 is 0 Å². The topological polar surface area (TPSA) is 64.0 Å². The van der Waals surface area contributed by atoms with E-state index >= 15 is 0 Å². The largest absolute Gasteiger partial charge is 0.349 e. The fraction of sp³-hybridized carbons (Fsp3) is 0.192. The molecule has 0 aliphatic heterocycles. The number of hydrogen-bond acceptors (Lipinski definition) is 4. The van der Waals surface area contributed by atoms with Crippen LogP contribution >= 0.6 is 11.8 Å². The quantitative estimate of drug-likeness (QED) is 0.334. The molecule has 2 atom stereocenters. The summed E-state index contributed by atoms with van der Waals surface area (Å²) in [6.45, 7) is 5.79. The van der Waals surface area contributed by atoms with Gasteiger partial charge in [-0.2, -0.15) is 0 Å². The van der Waals surface area contributed by atoms with Gasteiger partial charge in [-0.3, -0.25) is 14.2 Å². The van der Waals surface area contributed by atoms with Gasteiger partial charge in [0.05, 0.1) is 27.9 Å². The Bertz CT molecular complexity index is 1300. The van der Waals surface area contributed by atoms with Crippen LogP contribution in [0.25, 0.3) is 16.6 Å². The lowest BCUT2D eigenvalue weighted by Gasteiger charge is -2.19. The van der Waals surface area contributed by atoms with E-state index in [1.54, 1.807) is 10.6 Å². The Labute approximate surface area is 191 Å². The van der Waals surface area contributed by atoms with Crippen LogP contribution in [0.2, 0.25) is 0 Å². The summed E-state index contributed by atoms with van der Waals surface area (Å²) in [6.07, 6.45) is 0. The van der Waals surface area contributed by atoms with Crippen molar-refractivity contribution in [3.8, 4) is 5.69 Å². The first kappa shape index (κ1) is 21.8. The van der Waals surface area contributed by atoms with Crippen molar-refractivity contribution in [2.75, 3.05) is 0 Å². The number of aryl methyl sites for hydroxylation is 1. The van der Waals surface area contributed by atoms with E-state index in [4.69, 9.17) is 4.98 Å². The van der Waals surface area contributed by atoms with Gasteiger partial charge in [-0.05, 0) is 50.6 Å². The van der Waals surface area contributed by atoms with E-state index in [0.717, 1.165) is 16.8 Å². The number of aromatic nitrogens is 2. The highest BCUT2D eigenvalue weighted by Crippen LogP contribution is 2.26. The Kier molecular flexibility index (Phi) is 6.42. The minimum Gasteiger partial charge on any atom is -0.349 e. The molecule has 4 rings (SSSR count). The molecule has 2 unspecified atom stereocenters. The molecular weight excluding hydrogens is 418 g/mol. The molecule has 5 nitrogen and oxygen atoms in total. The van der Waals surface area contributed by atoms with E-state index in [0.29, 0.717) is 16.1 Å². The molecule has 0 radical (unpaired) electrons. The van der Waals surface area contributed by atoms with E-state index in [1.165, 1.54) is 11.8 Å². The van der Waals surface area contributed by atoms with Gasteiger partial charge in [0.1, 0.15) is 0 Å². The normalized spacial score (nSPS) is 13.0. The number of carbonyl (C=O) groups excluding carboxylic acids is 1. The van der Waals surface area contributed by atoms with Crippen molar-refractivity contribution in [2.45, 2.75) is 37.2 Å². The number of hydrogen-bond donors (Lipinski definition) is 1. The lowest BCUT2D eigenvalue weighted by atomic mass is 10.1. The second-order valence-electron chi connectivity index (χ2n) is 7.79. The number of amides is 1. The Morgan fingerprint density at radius 2 is 1.59 bits per heavy atom. The third-order valence-corrected chi connectivity index (χ3v) is 6.40. The van der Waals surface area contributed by atoms with Gasteiger partial charge in [0.2, 0.25) is 5.91 Å². The van der Waals surface area contributed by atoms with Crippen molar-refractivity contribution >= 4 is 28.6 Å². The highest BCUT2D eigenvalue weighted by atomic mass is 32.2. The number of para-hydroxylation sites is 1. The predicted octanol–water partition coefficient (Wildman–Crippen LogP) is 5.05. The molecule has 1 amide bonds. The number of carbonyl (C=O) groups is 1. The third-order valence-electron chi connectivity index (χ3n) is 5.35. The van der Waals surface area contributed by atoms with Crippen LogP contribution in [-0.4, -0.2) is 20.7 Å². The molecule has 0 saturated carbocycles. The smallest absolute Gasteiger partial charge is 0.266 e. The number of thioether (sulfide) groups is 1. The van der Waals surface area contributed by atoms with Gasteiger partial charge in [0.25, 0.3) is 5.56 Å². The summed E-state index contributed by atoms with van der Waals surface area (Å²) in [5, 5.41) is 3.66. The van der Waals surface area contributed by atoms with Crippen LogP contribution in [0, 0.1) is 6.92 Å². The molecule has 1 N–H and O–H groups in total. The van der Waals surface area contributed by atoms with Gasteiger partial charge in [-0.15, -0.1) is 0 Å². The molecule has 162 valence electrons. The first-order chi connectivity index (χ1) is 15.4. The molecule has 0 bridgehead atoms. The number of rotatable bonds is 6. The Balaban J connectivity index is 1.67. The minimum atomic E-state index is -0.439. The first-order valence-electron chi connectivity index (χ1n) is 10.5. The van der Waals surface area contributed by atoms with Crippen molar-refractivity contribution in [3.63, 3.8) is 0 Å². The molecular formula is C26H25N3O2S. The molecule has 1 aromatic heterocycles. The standard InChI is InChI=1S/C26H25N3O2S/c1-17-13-15-21(16-14-17)29-25(31)22-11-7-8-12-23(22)28-26(29)32-19(3)24(30)27-18(2)20-9-5-4-6-10-20/h4-16,18-19H,1-3H3,(H,27,30). The molecule has 0 spiro atoms. The lowest BCUT2D eigenvalue weighted by Crippen LogP contribution is -2.33. The Hall–Kier alpha value is -3.38. The van der Waals surface area contributed by atoms with Crippen molar-refractivity contribution in [2.24, 2.45) is 0 Å². The van der Waals surface area contributed by atoms with Crippen LogP contribution in [0.3, 0.4) is 0 Å². The average Bonchev–Trinajstić information content (AvgIpc) is 2.80. The van der Waals surface area contributed by atoms with Gasteiger partial charge in [-0.25, -0.2) is 4.98 Å². The summed E-state index contributed by atoms with van der Waals surface area (Å²) in [5.41, 5.74) is 3.35. The van der Waals surface area contributed by atoms with Crippen molar-refractivity contribution in [1.82, 2.24) is 14.9 Å². The van der Waals surface area contributed by atoms with Gasteiger partial charge in [0, 0.05) is 0 Å². The monoisotopic (exact) mass is 443 g/mol. The highest BCUT2D eigenvalue weighted by Gasteiger charge is 2.21. The summed E-state index contributed by atoms with van der Waals surface area (Å²) < 4.78 is 1.59. The van der Waals surface area contributed by atoms with E-state index in [-0.39, 0.29) is 17.5 Å². The maximum atomic E-state index is 13.4. The van der Waals surface area contributed by atoms with Gasteiger partial charge in [0.15, 0.2) is 5.16 Å². The van der Waals surface area contributed by atoms with E-state index < -0.39 is 5.25 Å². The summed E-state index contributed by atoms with van der Waals surface area (Å²) in [4.78, 5) is 31.0. The molecule has 0 aliphatic rings. The van der Waals surface area contributed by atoms with Crippen LogP contribution in [0.4, 0.5) is 0 Å². The van der Waals surface area contributed by atoms with Crippen LogP contribution < -0.4 is 10.9 Å². The zero-order valence-electron chi connectivity index (χ0n) is 18.3. The van der Waals surface area contributed by atoms with Gasteiger partial charge < -0.3 is 5.32 Å². The second kappa shape index (κ2) is 9.40. The highest BCUT2D eigenvalue weighted by molar-refractivity contribution is 8.00. The van der Waals surface area contributed by atoms with Crippen LogP contribution in [0.15, 0.2) is 88.8 Å². The average molecular weight is 444 g/mol. The second-order valence-corrected chi connectivity index (χ2v) is 9.10. The predicted molar refractivity (Wildman–Crippen MR) is 130 cm³/mol. The van der Waals surface area contributed by atoms with Crippen molar-refractivity contribution < 1.29 is 4.79 Å². The fourth-order valence-corrected chi connectivity index (χ4v) is 4.42. The lowest BCUT2D eigenvalue weighted by molar-refractivity contribution is -0.120. The molecule has 1 heterocycles. The molecule has 0 aliphatic carbocycles. The zero-order chi connectivity index (χ0) is 22.7. The molecule has 32 heavy (non-hydrogen) atoms. The third kappa shape index (κ3) is 4.60. The summed E-state index contributed by atoms with van der Waals surface area (Å²) in [5.74, 6) is -0.107. The van der Waals surface area contributed by atoms with Crippen molar-refractivity contribution in [3.05, 3.63) is 100 Å². The molecule has 0 saturated heterocycles. The van der Waals surface area contributed by atoms with E-state index in [1.807, 2.05) is 93.6 Å². The maximum Gasteiger partial charge on any atom is 0.266 e. The van der Waals surface area contributed by atoms with E-state index in [2.05, 4.69) is 5.32 Å². The molecule has 3 aromatic carbocycles. The first-order valence-corrected chi connectivity index (χ1v) is 11.4. The fourth-order valence-electron chi connectivity index (χ4n) is 3.48. The van der Waals surface area contributed by atoms with Crippen molar-refractivity contribution in [1.29, 1.82) is 0 Å². The minimum absolute atomic E-state index is 0.107. The Morgan fingerprint density at radius 1 is 0.938 bits per heavy atom. The molecule has 6 heteroatoms.